The van der Waals surface area contributed by atoms with Crippen molar-refractivity contribution in [3.8, 4) is 0 Å². The summed E-state index contributed by atoms with van der Waals surface area (Å²) in [6, 6.07) is 16.5. The van der Waals surface area contributed by atoms with Gasteiger partial charge in [-0.3, -0.25) is 0 Å². The molecule has 0 fully saturated rings. The lowest BCUT2D eigenvalue weighted by molar-refractivity contribution is -0.129. The number of hydrogen-bond acceptors (Lipinski definition) is 3. The Hall–Kier alpha value is -2.88. The Morgan fingerprint density at radius 3 is 2.25 bits per heavy atom. The standard InChI is InChI=1S/C16H13NO3/c18-16(19)15(17-20)14-9-5-4-8-13(14)11-10-12-6-2-1-3-7-12/h1-11,20H,(H,18,19). The first-order valence-corrected chi connectivity index (χ1v) is 6.00. The van der Waals surface area contributed by atoms with Crippen LogP contribution >= 0.6 is 0 Å². The summed E-state index contributed by atoms with van der Waals surface area (Å²) in [5.41, 5.74) is 1.67. The van der Waals surface area contributed by atoms with Gasteiger partial charge in [-0.25, -0.2) is 4.79 Å². The highest BCUT2D eigenvalue weighted by Crippen LogP contribution is 2.14. The Bertz CT molecular complexity index is 660. The molecule has 4 heteroatoms. The molecule has 2 aromatic rings. The van der Waals surface area contributed by atoms with Crippen molar-refractivity contribution in [2.45, 2.75) is 0 Å². The van der Waals surface area contributed by atoms with E-state index in [4.69, 9.17) is 10.3 Å². The minimum atomic E-state index is -1.27. The first-order chi connectivity index (χ1) is 9.72. The fourth-order valence-electron chi connectivity index (χ4n) is 1.82. The van der Waals surface area contributed by atoms with Crippen molar-refractivity contribution in [1.82, 2.24) is 0 Å². The van der Waals surface area contributed by atoms with Crippen LogP contribution in [-0.4, -0.2) is 22.0 Å². The predicted molar refractivity (Wildman–Crippen MR) is 77.8 cm³/mol. The zero-order chi connectivity index (χ0) is 14.4. The number of aliphatic carboxylic acids is 1. The van der Waals surface area contributed by atoms with Crippen molar-refractivity contribution in [2.24, 2.45) is 5.16 Å². The second-order valence-corrected chi connectivity index (χ2v) is 4.09. The largest absolute Gasteiger partial charge is 0.476 e. The van der Waals surface area contributed by atoms with Crippen LogP contribution in [0.15, 0.2) is 59.8 Å². The van der Waals surface area contributed by atoms with Crippen LogP contribution in [-0.2, 0) is 4.79 Å². The number of carboxylic acid groups (broad SMARTS) is 1. The molecule has 0 radical (unpaired) electrons. The molecule has 4 nitrogen and oxygen atoms in total. The molecule has 0 saturated heterocycles. The molecule has 0 saturated carbocycles. The van der Waals surface area contributed by atoms with Gasteiger partial charge in [0.2, 0.25) is 0 Å². The highest BCUT2D eigenvalue weighted by molar-refractivity contribution is 6.43. The SMILES string of the molecule is O=C(O)C(=NO)c1ccccc1C=Cc1ccccc1. The summed E-state index contributed by atoms with van der Waals surface area (Å²) < 4.78 is 0. The average Bonchev–Trinajstić information content (AvgIpc) is 2.48. The molecule has 0 amide bonds. The van der Waals surface area contributed by atoms with E-state index in [1.807, 2.05) is 36.4 Å². The Morgan fingerprint density at radius 1 is 0.950 bits per heavy atom. The highest BCUT2D eigenvalue weighted by Gasteiger charge is 2.15. The molecular weight excluding hydrogens is 254 g/mol. The number of oxime groups is 1. The Labute approximate surface area is 116 Å². The zero-order valence-electron chi connectivity index (χ0n) is 10.6. The summed E-state index contributed by atoms with van der Waals surface area (Å²) in [4.78, 5) is 11.0. The lowest BCUT2D eigenvalue weighted by Gasteiger charge is -2.04. The summed E-state index contributed by atoms with van der Waals surface area (Å²) >= 11 is 0. The third kappa shape index (κ3) is 3.11. The zero-order valence-corrected chi connectivity index (χ0v) is 10.6. The second-order valence-electron chi connectivity index (χ2n) is 4.09. The summed E-state index contributed by atoms with van der Waals surface area (Å²) in [5, 5.41) is 20.7. The fraction of sp³-hybridized carbons (Fsp3) is 0. The minimum Gasteiger partial charge on any atom is -0.476 e. The fourth-order valence-corrected chi connectivity index (χ4v) is 1.82. The molecule has 2 aromatic carbocycles. The summed E-state index contributed by atoms with van der Waals surface area (Å²) in [6.45, 7) is 0. The maximum atomic E-state index is 11.0. The Balaban J connectivity index is 2.39. The van der Waals surface area contributed by atoms with Crippen LogP contribution in [0.4, 0.5) is 0 Å². The van der Waals surface area contributed by atoms with Crippen molar-refractivity contribution in [3.05, 3.63) is 71.3 Å². The van der Waals surface area contributed by atoms with Gasteiger partial charge in [-0.1, -0.05) is 71.9 Å². The number of carboxylic acids is 1. The van der Waals surface area contributed by atoms with Crippen LogP contribution in [0.1, 0.15) is 16.7 Å². The van der Waals surface area contributed by atoms with Gasteiger partial charge in [-0.05, 0) is 11.1 Å². The third-order valence-corrected chi connectivity index (χ3v) is 2.77. The monoisotopic (exact) mass is 267 g/mol. The van der Waals surface area contributed by atoms with Crippen molar-refractivity contribution in [2.75, 3.05) is 0 Å². The van der Waals surface area contributed by atoms with Gasteiger partial charge in [0.15, 0.2) is 5.71 Å². The molecule has 0 spiro atoms. The number of benzene rings is 2. The third-order valence-electron chi connectivity index (χ3n) is 2.77. The van der Waals surface area contributed by atoms with E-state index in [0.717, 1.165) is 5.56 Å². The maximum Gasteiger partial charge on any atom is 0.358 e. The lowest BCUT2D eigenvalue weighted by Crippen LogP contribution is -2.15. The van der Waals surface area contributed by atoms with Gasteiger partial charge in [-0.2, -0.15) is 0 Å². The number of carbonyl (C=O) groups is 1. The number of nitrogens with zero attached hydrogens (tertiary/aromatic N) is 1. The Morgan fingerprint density at radius 2 is 1.60 bits per heavy atom. The second kappa shape index (κ2) is 6.33. The van der Waals surface area contributed by atoms with Gasteiger partial charge in [-0.15, -0.1) is 0 Å². The van der Waals surface area contributed by atoms with Crippen molar-refractivity contribution in [1.29, 1.82) is 0 Å². The smallest absolute Gasteiger partial charge is 0.358 e. The highest BCUT2D eigenvalue weighted by atomic mass is 16.4. The molecule has 2 N–H and O–H groups in total. The van der Waals surface area contributed by atoms with E-state index in [0.29, 0.717) is 11.1 Å². The van der Waals surface area contributed by atoms with E-state index >= 15 is 0 Å². The quantitative estimate of drug-likeness (QED) is 0.387. The molecule has 0 aliphatic carbocycles. The molecule has 100 valence electrons. The van der Waals surface area contributed by atoms with Crippen LogP contribution in [0.2, 0.25) is 0 Å². The van der Waals surface area contributed by atoms with Gasteiger partial charge in [0.1, 0.15) is 0 Å². The molecule has 0 unspecified atom stereocenters. The van der Waals surface area contributed by atoms with Gasteiger partial charge in [0, 0.05) is 5.56 Å². The first kappa shape index (κ1) is 13.5. The normalized spacial score (nSPS) is 11.7. The van der Waals surface area contributed by atoms with Crippen molar-refractivity contribution < 1.29 is 15.1 Å². The van der Waals surface area contributed by atoms with Crippen LogP contribution in [0, 0.1) is 0 Å². The Kier molecular flexibility index (Phi) is 4.29. The van der Waals surface area contributed by atoms with E-state index in [2.05, 4.69) is 5.16 Å². The van der Waals surface area contributed by atoms with Crippen LogP contribution < -0.4 is 0 Å². The topological polar surface area (TPSA) is 69.9 Å². The minimum absolute atomic E-state index is 0.370. The van der Waals surface area contributed by atoms with Crippen LogP contribution in [0.5, 0.6) is 0 Å². The maximum absolute atomic E-state index is 11.0. The molecule has 0 aliphatic rings. The molecule has 0 bridgehead atoms. The van der Waals surface area contributed by atoms with E-state index in [-0.39, 0.29) is 5.71 Å². The summed E-state index contributed by atoms with van der Waals surface area (Å²) in [6.07, 6.45) is 3.66. The van der Waals surface area contributed by atoms with Crippen molar-refractivity contribution >= 4 is 23.8 Å². The molecule has 0 aromatic heterocycles. The first-order valence-electron chi connectivity index (χ1n) is 6.00. The van der Waals surface area contributed by atoms with Gasteiger partial charge >= 0.3 is 5.97 Å². The van der Waals surface area contributed by atoms with Crippen LogP contribution in [0.25, 0.3) is 12.2 Å². The van der Waals surface area contributed by atoms with Gasteiger partial charge in [0.05, 0.1) is 0 Å². The van der Waals surface area contributed by atoms with E-state index in [9.17, 15) is 4.79 Å². The molecule has 2 rings (SSSR count). The molecule has 0 aliphatic heterocycles. The summed E-state index contributed by atoms with van der Waals surface area (Å²) in [7, 11) is 0. The van der Waals surface area contributed by atoms with Crippen molar-refractivity contribution in [3.63, 3.8) is 0 Å². The van der Waals surface area contributed by atoms with Gasteiger partial charge < -0.3 is 10.3 Å². The lowest BCUT2D eigenvalue weighted by atomic mass is 10.0. The molecule has 20 heavy (non-hydrogen) atoms. The number of rotatable bonds is 4. The number of hydrogen-bond donors (Lipinski definition) is 2. The van der Waals surface area contributed by atoms with E-state index in [1.165, 1.54) is 0 Å². The average molecular weight is 267 g/mol. The van der Waals surface area contributed by atoms with Crippen LogP contribution in [0.3, 0.4) is 0 Å². The molecular formula is C16H13NO3. The van der Waals surface area contributed by atoms with E-state index < -0.39 is 5.97 Å². The van der Waals surface area contributed by atoms with E-state index in [1.54, 1.807) is 30.3 Å². The molecule has 0 heterocycles. The predicted octanol–water partition coefficient (Wildman–Crippen LogP) is 3.12. The summed E-state index contributed by atoms with van der Waals surface area (Å²) in [5.74, 6) is -1.27. The molecule has 0 atom stereocenters. The van der Waals surface area contributed by atoms with Gasteiger partial charge in [0.25, 0.3) is 0 Å².